The molecule has 2 aromatic carbocycles. The number of ether oxygens (including phenoxy) is 1. The van der Waals surface area contributed by atoms with Crippen LogP contribution in [0.1, 0.15) is 68.7 Å². The van der Waals surface area contributed by atoms with E-state index in [0.29, 0.717) is 47.6 Å². The van der Waals surface area contributed by atoms with Crippen LogP contribution in [0.4, 0.5) is 10.5 Å². The average Bonchev–Trinajstić information content (AvgIpc) is 2.87. The van der Waals surface area contributed by atoms with Crippen molar-refractivity contribution in [3.8, 4) is 0 Å². The van der Waals surface area contributed by atoms with Gasteiger partial charge in [-0.05, 0) is 56.2 Å². The standard InChI is InChI=1S/C27H34N4O4/c1-5-8-11-18-31(27(34)28-20-16-14-19(15-17-20)26(33)35-7-3)23(6-2)24-29-22-13-10-9-12-21(22)25(32)30(24)4/h9-10,12-17,23H,5-8,11,18H2,1-4H3,(H,28,34). The van der Waals surface area contributed by atoms with Crippen LogP contribution in [0.3, 0.4) is 0 Å². The summed E-state index contributed by atoms with van der Waals surface area (Å²) in [6.07, 6.45) is 3.44. The minimum absolute atomic E-state index is 0.132. The van der Waals surface area contributed by atoms with Gasteiger partial charge in [0.1, 0.15) is 5.82 Å². The van der Waals surface area contributed by atoms with E-state index in [1.165, 1.54) is 0 Å². The van der Waals surface area contributed by atoms with E-state index in [1.807, 2.05) is 25.1 Å². The van der Waals surface area contributed by atoms with Gasteiger partial charge in [0.25, 0.3) is 5.56 Å². The normalized spacial score (nSPS) is 11.8. The minimum Gasteiger partial charge on any atom is -0.462 e. The molecule has 0 fully saturated rings. The zero-order valence-electron chi connectivity index (χ0n) is 20.9. The Labute approximate surface area is 205 Å². The molecule has 0 aliphatic heterocycles. The summed E-state index contributed by atoms with van der Waals surface area (Å²) in [5.74, 6) is 0.154. The Balaban J connectivity index is 1.91. The molecule has 1 N–H and O–H groups in total. The highest BCUT2D eigenvalue weighted by molar-refractivity contribution is 5.92. The summed E-state index contributed by atoms with van der Waals surface area (Å²) in [4.78, 5) is 44.9. The molecule has 0 saturated heterocycles. The van der Waals surface area contributed by atoms with Gasteiger partial charge in [0, 0.05) is 19.3 Å². The maximum absolute atomic E-state index is 13.5. The monoisotopic (exact) mass is 478 g/mol. The third kappa shape index (κ3) is 6.07. The number of benzene rings is 2. The summed E-state index contributed by atoms with van der Waals surface area (Å²) in [6.45, 7) is 6.68. The first kappa shape index (κ1) is 25.9. The molecule has 3 aromatic rings. The smallest absolute Gasteiger partial charge is 0.338 e. The van der Waals surface area contributed by atoms with Gasteiger partial charge >= 0.3 is 12.0 Å². The summed E-state index contributed by atoms with van der Waals surface area (Å²) in [6, 6.07) is 13.2. The maximum atomic E-state index is 13.5. The van der Waals surface area contributed by atoms with Crippen molar-refractivity contribution in [2.45, 2.75) is 52.5 Å². The van der Waals surface area contributed by atoms with Gasteiger partial charge in [0.15, 0.2) is 0 Å². The highest BCUT2D eigenvalue weighted by atomic mass is 16.5. The number of nitrogens with one attached hydrogen (secondary N) is 1. The number of para-hydroxylation sites is 1. The Kier molecular flexibility index (Phi) is 9.00. The molecule has 35 heavy (non-hydrogen) atoms. The number of unbranched alkanes of at least 4 members (excludes halogenated alkanes) is 2. The summed E-state index contributed by atoms with van der Waals surface area (Å²) in [7, 11) is 1.70. The van der Waals surface area contributed by atoms with Gasteiger partial charge in [-0.1, -0.05) is 38.8 Å². The zero-order valence-corrected chi connectivity index (χ0v) is 20.9. The van der Waals surface area contributed by atoms with E-state index in [0.717, 1.165) is 19.3 Å². The van der Waals surface area contributed by atoms with E-state index in [4.69, 9.17) is 9.72 Å². The largest absolute Gasteiger partial charge is 0.462 e. The summed E-state index contributed by atoms with van der Waals surface area (Å²) in [5, 5.41) is 3.50. The van der Waals surface area contributed by atoms with Crippen molar-refractivity contribution in [3.63, 3.8) is 0 Å². The van der Waals surface area contributed by atoms with Crippen LogP contribution >= 0.6 is 0 Å². The number of fused-ring (bicyclic) bond motifs is 1. The molecule has 3 rings (SSSR count). The first-order chi connectivity index (χ1) is 16.9. The zero-order chi connectivity index (χ0) is 25.4. The van der Waals surface area contributed by atoms with E-state index >= 15 is 0 Å². The van der Waals surface area contributed by atoms with Gasteiger partial charge in [-0.15, -0.1) is 0 Å². The van der Waals surface area contributed by atoms with Crippen molar-refractivity contribution in [1.82, 2.24) is 14.5 Å². The van der Waals surface area contributed by atoms with Crippen molar-refractivity contribution in [2.75, 3.05) is 18.5 Å². The van der Waals surface area contributed by atoms with Gasteiger partial charge < -0.3 is 15.0 Å². The Morgan fingerprint density at radius 3 is 2.43 bits per heavy atom. The second-order valence-electron chi connectivity index (χ2n) is 8.40. The van der Waals surface area contributed by atoms with Crippen LogP contribution in [0, 0.1) is 0 Å². The molecular formula is C27H34N4O4. The molecular weight excluding hydrogens is 444 g/mol. The number of hydrogen-bond donors (Lipinski definition) is 1. The second kappa shape index (κ2) is 12.1. The summed E-state index contributed by atoms with van der Waals surface area (Å²) < 4.78 is 6.57. The van der Waals surface area contributed by atoms with E-state index in [1.54, 1.807) is 53.8 Å². The quantitative estimate of drug-likeness (QED) is 0.316. The van der Waals surface area contributed by atoms with Gasteiger partial charge in [0.05, 0.1) is 29.1 Å². The van der Waals surface area contributed by atoms with Crippen LogP contribution in [0.2, 0.25) is 0 Å². The Hall–Kier alpha value is -3.68. The van der Waals surface area contributed by atoms with Gasteiger partial charge in [-0.2, -0.15) is 0 Å². The SMILES string of the molecule is CCCCCN(C(=O)Nc1ccc(C(=O)OCC)cc1)C(CC)c1nc2ccccc2c(=O)n1C. The average molecular weight is 479 g/mol. The number of carbonyl (C=O) groups is 2. The van der Waals surface area contributed by atoms with Crippen molar-refractivity contribution < 1.29 is 14.3 Å². The number of hydrogen-bond acceptors (Lipinski definition) is 5. The fourth-order valence-electron chi connectivity index (χ4n) is 4.11. The lowest BCUT2D eigenvalue weighted by molar-refractivity contribution is 0.0526. The molecule has 1 atom stereocenters. The number of esters is 1. The lowest BCUT2D eigenvalue weighted by Crippen LogP contribution is -2.41. The molecule has 0 saturated carbocycles. The van der Waals surface area contributed by atoms with Gasteiger partial charge in [-0.25, -0.2) is 14.6 Å². The number of anilines is 1. The molecule has 0 aliphatic carbocycles. The number of rotatable bonds is 10. The predicted molar refractivity (Wildman–Crippen MR) is 138 cm³/mol. The second-order valence-corrected chi connectivity index (χ2v) is 8.40. The minimum atomic E-state index is -0.402. The first-order valence-electron chi connectivity index (χ1n) is 12.2. The number of urea groups is 1. The molecule has 0 radical (unpaired) electrons. The molecule has 8 heteroatoms. The number of carbonyl (C=O) groups excluding carboxylic acids is 2. The van der Waals surface area contributed by atoms with E-state index < -0.39 is 5.97 Å². The van der Waals surface area contributed by atoms with Crippen molar-refractivity contribution in [1.29, 1.82) is 0 Å². The number of amides is 2. The molecule has 0 aliphatic rings. The number of nitrogens with zero attached hydrogens (tertiary/aromatic N) is 3. The molecule has 0 bridgehead atoms. The van der Waals surface area contributed by atoms with Crippen LogP contribution in [0.15, 0.2) is 53.3 Å². The molecule has 1 unspecified atom stereocenters. The van der Waals surface area contributed by atoms with Crippen molar-refractivity contribution >= 4 is 28.6 Å². The van der Waals surface area contributed by atoms with Crippen molar-refractivity contribution in [3.05, 3.63) is 70.3 Å². The molecule has 0 spiro atoms. The molecule has 8 nitrogen and oxygen atoms in total. The topological polar surface area (TPSA) is 93.5 Å². The fraction of sp³-hybridized carbons (Fsp3) is 0.407. The third-order valence-electron chi connectivity index (χ3n) is 5.99. The van der Waals surface area contributed by atoms with Crippen molar-refractivity contribution in [2.24, 2.45) is 7.05 Å². The van der Waals surface area contributed by atoms with Gasteiger partial charge in [-0.3, -0.25) is 9.36 Å². The highest BCUT2D eigenvalue weighted by Gasteiger charge is 2.27. The molecule has 2 amide bonds. The maximum Gasteiger partial charge on any atom is 0.338 e. The molecule has 1 heterocycles. The molecule has 1 aromatic heterocycles. The Morgan fingerprint density at radius 1 is 1.06 bits per heavy atom. The van der Waals surface area contributed by atoms with Gasteiger partial charge in [0.2, 0.25) is 0 Å². The number of aromatic nitrogens is 2. The third-order valence-corrected chi connectivity index (χ3v) is 5.99. The van der Waals surface area contributed by atoms with Crippen LogP contribution < -0.4 is 10.9 Å². The van der Waals surface area contributed by atoms with Crippen LogP contribution in [0.25, 0.3) is 10.9 Å². The lowest BCUT2D eigenvalue weighted by atomic mass is 10.1. The van der Waals surface area contributed by atoms with E-state index in [2.05, 4.69) is 12.2 Å². The fourth-order valence-corrected chi connectivity index (χ4v) is 4.11. The Morgan fingerprint density at radius 2 is 1.77 bits per heavy atom. The van der Waals surface area contributed by atoms with E-state index in [9.17, 15) is 14.4 Å². The van der Waals surface area contributed by atoms with E-state index in [-0.39, 0.29) is 17.6 Å². The summed E-state index contributed by atoms with van der Waals surface area (Å²) >= 11 is 0. The lowest BCUT2D eigenvalue weighted by Gasteiger charge is -2.32. The highest BCUT2D eigenvalue weighted by Crippen LogP contribution is 2.25. The predicted octanol–water partition coefficient (Wildman–Crippen LogP) is 5.29. The van der Waals surface area contributed by atoms with Crippen LogP contribution in [0.5, 0.6) is 0 Å². The first-order valence-corrected chi connectivity index (χ1v) is 12.2. The van der Waals surface area contributed by atoms with Crippen LogP contribution in [-0.2, 0) is 11.8 Å². The Bertz CT molecular complexity index is 1220. The molecule has 186 valence electrons. The summed E-state index contributed by atoms with van der Waals surface area (Å²) in [5.41, 5.74) is 1.48. The van der Waals surface area contributed by atoms with Crippen LogP contribution in [-0.4, -0.2) is 39.6 Å².